The monoisotopic (exact) mass is 704 g/mol. The van der Waals surface area contributed by atoms with Gasteiger partial charge in [0.05, 0.1) is 18.4 Å². The van der Waals surface area contributed by atoms with Crippen molar-refractivity contribution < 1.29 is 19.1 Å². The maximum absolute atomic E-state index is 12.8. The first kappa shape index (κ1) is 33.8. The molecule has 8 rings (SSSR count). The number of carbonyl (C=O) groups is 2. The molecule has 3 N–H and O–H groups in total. The van der Waals surface area contributed by atoms with Crippen molar-refractivity contribution >= 4 is 34.9 Å². The van der Waals surface area contributed by atoms with Crippen molar-refractivity contribution in [2.75, 3.05) is 29.9 Å². The van der Waals surface area contributed by atoms with E-state index in [4.69, 9.17) is 24.4 Å². The fourth-order valence-electron chi connectivity index (χ4n) is 7.77. The first-order valence-corrected chi connectivity index (χ1v) is 18.0. The molecule has 14 nitrogen and oxygen atoms in total. The molecule has 2 amide bonds. The average Bonchev–Trinajstić information content (AvgIpc) is 4.00. The first-order valence-electron chi connectivity index (χ1n) is 18.0. The summed E-state index contributed by atoms with van der Waals surface area (Å²) in [6.45, 7) is 7.43. The van der Waals surface area contributed by atoms with Crippen LogP contribution in [0.4, 0.5) is 16.6 Å². The minimum absolute atomic E-state index is 0.0283. The summed E-state index contributed by atoms with van der Waals surface area (Å²) in [6.07, 6.45) is 7.58. The normalized spacial score (nSPS) is 23.6. The van der Waals surface area contributed by atoms with E-state index >= 15 is 0 Å². The molecular formula is C38H44N10O4. The van der Waals surface area contributed by atoms with Gasteiger partial charge in [-0.2, -0.15) is 9.97 Å². The lowest BCUT2D eigenvalue weighted by Gasteiger charge is -2.25. The number of amides is 2. The van der Waals surface area contributed by atoms with E-state index in [9.17, 15) is 9.59 Å². The predicted octanol–water partition coefficient (Wildman–Crippen LogP) is 4.46. The van der Waals surface area contributed by atoms with Gasteiger partial charge in [0.25, 0.3) is 0 Å². The Morgan fingerprint density at radius 1 is 0.962 bits per heavy atom. The van der Waals surface area contributed by atoms with E-state index in [0.717, 1.165) is 6.42 Å². The van der Waals surface area contributed by atoms with E-state index in [1.807, 2.05) is 32.9 Å². The molecule has 5 aromatic rings. The number of anilines is 2. The van der Waals surface area contributed by atoms with E-state index in [0.29, 0.717) is 55.4 Å². The molecule has 2 aromatic carbocycles. The number of hydrogen-bond acceptors (Lipinski definition) is 10. The molecule has 0 radical (unpaired) electrons. The Morgan fingerprint density at radius 3 is 2.38 bits per heavy atom. The second-order valence-corrected chi connectivity index (χ2v) is 14.2. The topological polar surface area (TPSA) is 153 Å². The molecule has 2 saturated heterocycles. The Balaban J connectivity index is 1.14. The van der Waals surface area contributed by atoms with Gasteiger partial charge in [0, 0.05) is 50.4 Å². The van der Waals surface area contributed by atoms with E-state index in [-0.39, 0.29) is 48.2 Å². The maximum Gasteiger partial charge on any atom is 0.327 e. The Bertz CT molecular complexity index is 1980. The molecule has 1 saturated carbocycles. The number of rotatable bonds is 10. The van der Waals surface area contributed by atoms with Gasteiger partial charge in [0.2, 0.25) is 11.9 Å². The van der Waals surface area contributed by atoms with Crippen molar-refractivity contribution in [1.29, 1.82) is 0 Å². The third kappa shape index (κ3) is 6.71. The number of aromatic nitrogens is 6. The quantitative estimate of drug-likeness (QED) is 0.190. The Labute approximate surface area is 302 Å². The highest BCUT2D eigenvalue weighted by molar-refractivity contribution is 5.85. The number of nitrogens with zero attached hydrogens (tertiary/aromatic N) is 7. The van der Waals surface area contributed by atoms with Crippen LogP contribution in [-0.2, 0) is 14.3 Å². The number of hydrogen-bond donors (Lipinski definition) is 3. The van der Waals surface area contributed by atoms with Crippen molar-refractivity contribution in [2.45, 2.75) is 82.1 Å². The van der Waals surface area contributed by atoms with Gasteiger partial charge in [0.1, 0.15) is 18.5 Å². The summed E-state index contributed by atoms with van der Waals surface area (Å²) in [7, 11) is 0. The second kappa shape index (κ2) is 14.0. The summed E-state index contributed by atoms with van der Waals surface area (Å²) in [6, 6.07) is 20.1. The van der Waals surface area contributed by atoms with Gasteiger partial charge in [-0.1, -0.05) is 67.6 Å². The summed E-state index contributed by atoms with van der Waals surface area (Å²) in [5.74, 6) is 0.385. The minimum atomic E-state index is -0.804. The lowest BCUT2D eigenvalue weighted by atomic mass is 9.91. The smallest absolute Gasteiger partial charge is 0.327 e. The molecule has 3 aromatic heterocycles. The predicted molar refractivity (Wildman–Crippen MR) is 195 cm³/mol. The highest BCUT2D eigenvalue weighted by atomic mass is 16.8. The van der Waals surface area contributed by atoms with Crippen LogP contribution in [0, 0.1) is 0 Å². The number of fused-ring (bicyclic) bond motifs is 2. The van der Waals surface area contributed by atoms with E-state index < -0.39 is 5.79 Å². The molecule has 0 spiro atoms. The summed E-state index contributed by atoms with van der Waals surface area (Å²) in [4.78, 5) is 46.6. The van der Waals surface area contributed by atoms with E-state index in [1.165, 1.54) is 22.0 Å². The van der Waals surface area contributed by atoms with Gasteiger partial charge in [-0.25, -0.2) is 14.8 Å². The average molecular weight is 705 g/mol. The highest BCUT2D eigenvalue weighted by Gasteiger charge is 2.55. The van der Waals surface area contributed by atoms with Gasteiger partial charge in [-0.15, -0.1) is 0 Å². The lowest BCUT2D eigenvalue weighted by molar-refractivity contribution is -0.158. The van der Waals surface area contributed by atoms with Crippen molar-refractivity contribution in [3.05, 3.63) is 96.8 Å². The Hall–Kier alpha value is -5.34. The molecule has 14 heteroatoms. The van der Waals surface area contributed by atoms with Crippen LogP contribution in [0.2, 0.25) is 0 Å². The Morgan fingerprint density at radius 2 is 1.69 bits per heavy atom. The zero-order valence-corrected chi connectivity index (χ0v) is 29.6. The van der Waals surface area contributed by atoms with E-state index in [2.05, 4.69) is 78.9 Å². The van der Waals surface area contributed by atoms with Gasteiger partial charge >= 0.3 is 6.03 Å². The minimum Gasteiger partial charge on any atom is -0.367 e. The molecular weight excluding hydrogens is 660 g/mol. The standard InChI is InChI=1S/C38H44N10O4/c1-4-30(49)43-28-19-29(33-32(28)51-38(2,3)52-33)48-23-41-31-34(40-20-27(24-11-7-5-8-12-24)25-13-9-6-10-14-25)44-36(45-35(31)48)46-17-15-26(21-46)42-37(50)47-18-16-39-22-47/h5-14,16,18,22-23,26-29,32-33H,4,15,17,19-21H2,1-3H3,(H,42,50)(H,43,49)(H,40,44,45)/t26-,28+,29-,32-,33+/m1/s1. The van der Waals surface area contributed by atoms with Crippen LogP contribution in [0.1, 0.15) is 63.1 Å². The van der Waals surface area contributed by atoms with Crippen molar-refractivity contribution in [3.8, 4) is 0 Å². The zero-order chi connectivity index (χ0) is 35.8. The highest BCUT2D eigenvalue weighted by Crippen LogP contribution is 2.45. The molecule has 0 bridgehead atoms. The van der Waals surface area contributed by atoms with Crippen LogP contribution in [-0.4, -0.2) is 90.7 Å². The number of carbonyl (C=O) groups excluding carboxylic acids is 2. The molecule has 2 aliphatic heterocycles. The van der Waals surface area contributed by atoms with Crippen molar-refractivity contribution in [2.24, 2.45) is 0 Å². The fraction of sp³-hybridized carbons (Fsp3) is 0.421. The van der Waals surface area contributed by atoms with Crippen molar-refractivity contribution in [3.63, 3.8) is 0 Å². The van der Waals surface area contributed by atoms with Crippen LogP contribution in [0.15, 0.2) is 85.7 Å². The molecule has 1 aliphatic carbocycles. The number of benzene rings is 2. The zero-order valence-electron chi connectivity index (χ0n) is 29.6. The molecule has 0 unspecified atom stereocenters. The van der Waals surface area contributed by atoms with Crippen LogP contribution < -0.4 is 20.9 Å². The van der Waals surface area contributed by atoms with Crippen LogP contribution in [0.3, 0.4) is 0 Å². The maximum atomic E-state index is 12.8. The molecule has 52 heavy (non-hydrogen) atoms. The number of ether oxygens (including phenoxy) is 2. The summed E-state index contributed by atoms with van der Waals surface area (Å²) < 4.78 is 16.3. The number of imidazole rings is 2. The molecule has 5 heterocycles. The molecule has 3 fully saturated rings. The fourth-order valence-corrected chi connectivity index (χ4v) is 7.77. The van der Waals surface area contributed by atoms with Crippen LogP contribution >= 0.6 is 0 Å². The lowest BCUT2D eigenvalue weighted by Crippen LogP contribution is -2.42. The summed E-state index contributed by atoms with van der Waals surface area (Å²) >= 11 is 0. The molecule has 5 atom stereocenters. The largest absolute Gasteiger partial charge is 0.367 e. The SMILES string of the molecule is CCC(=O)N[C@H]1C[C@@H](n2cnc3c(NCC(c4ccccc4)c4ccccc4)nc(N4CC[C@@H](NC(=O)n5ccnc5)C4)nc32)[C@@H]2OC(C)(C)O[C@@H]21. The van der Waals surface area contributed by atoms with Crippen LogP contribution in [0.25, 0.3) is 11.2 Å². The summed E-state index contributed by atoms with van der Waals surface area (Å²) in [5, 5.41) is 9.95. The molecule has 3 aliphatic rings. The number of nitrogens with one attached hydrogen (secondary N) is 3. The van der Waals surface area contributed by atoms with Crippen molar-refractivity contribution in [1.82, 2.24) is 39.7 Å². The molecule has 270 valence electrons. The van der Waals surface area contributed by atoms with Gasteiger partial charge in [-0.3, -0.25) is 9.36 Å². The van der Waals surface area contributed by atoms with Crippen LogP contribution in [0.5, 0.6) is 0 Å². The third-order valence-electron chi connectivity index (χ3n) is 10.3. The van der Waals surface area contributed by atoms with E-state index in [1.54, 1.807) is 18.7 Å². The van der Waals surface area contributed by atoms with Gasteiger partial charge in [-0.05, 0) is 37.8 Å². The Kier molecular flexibility index (Phi) is 9.09. The van der Waals surface area contributed by atoms with Gasteiger partial charge in [0.15, 0.2) is 22.8 Å². The third-order valence-corrected chi connectivity index (χ3v) is 10.3. The van der Waals surface area contributed by atoms with Gasteiger partial charge < -0.3 is 34.9 Å². The first-order chi connectivity index (χ1) is 25.3. The second-order valence-electron chi connectivity index (χ2n) is 14.2. The summed E-state index contributed by atoms with van der Waals surface area (Å²) in [5.41, 5.74) is 3.68.